The highest BCUT2D eigenvalue weighted by atomic mass is 16.3. The van der Waals surface area contributed by atoms with Gasteiger partial charge in [0.25, 0.3) is 0 Å². The summed E-state index contributed by atoms with van der Waals surface area (Å²) in [4.78, 5) is 19.7. The van der Waals surface area contributed by atoms with Crippen LogP contribution in [0.1, 0.15) is 30.5 Å². The third-order valence-corrected chi connectivity index (χ3v) is 5.98. The van der Waals surface area contributed by atoms with E-state index in [0.717, 1.165) is 34.6 Å². The van der Waals surface area contributed by atoms with Gasteiger partial charge >= 0.3 is 0 Å². The molecule has 32 heavy (non-hydrogen) atoms. The van der Waals surface area contributed by atoms with Gasteiger partial charge in [0.05, 0.1) is 17.3 Å². The van der Waals surface area contributed by atoms with Crippen molar-refractivity contribution in [2.45, 2.75) is 39.3 Å². The molecule has 1 aromatic carbocycles. The van der Waals surface area contributed by atoms with Crippen LogP contribution in [0.5, 0.6) is 0 Å². The van der Waals surface area contributed by atoms with Crippen molar-refractivity contribution in [3.63, 3.8) is 0 Å². The van der Waals surface area contributed by atoms with E-state index in [0.29, 0.717) is 5.65 Å². The average molecular weight is 430 g/mol. The van der Waals surface area contributed by atoms with E-state index < -0.39 is 0 Å². The van der Waals surface area contributed by atoms with E-state index in [2.05, 4.69) is 32.4 Å². The maximum atomic E-state index is 12.7. The van der Waals surface area contributed by atoms with Crippen molar-refractivity contribution >= 4 is 22.6 Å². The van der Waals surface area contributed by atoms with E-state index in [9.17, 15) is 4.79 Å². The Morgan fingerprint density at radius 3 is 2.66 bits per heavy atom. The molecule has 4 heterocycles. The number of pyridine rings is 1. The molecule has 7 nitrogen and oxygen atoms in total. The first-order valence-corrected chi connectivity index (χ1v) is 11.1. The number of benzene rings is 1. The van der Waals surface area contributed by atoms with Crippen LogP contribution in [-0.4, -0.2) is 38.7 Å². The number of nitrogens with one attached hydrogen (secondary N) is 1. The number of nitrogens with zero attached hydrogens (tertiary/aromatic N) is 4. The number of aryl methyl sites for hydroxylation is 1. The van der Waals surface area contributed by atoms with Crippen LogP contribution in [0.4, 0.5) is 5.69 Å². The minimum absolute atomic E-state index is 0.0917. The molecule has 5 rings (SSSR count). The predicted molar refractivity (Wildman–Crippen MR) is 124 cm³/mol. The van der Waals surface area contributed by atoms with Crippen LogP contribution in [0.2, 0.25) is 0 Å². The Morgan fingerprint density at radius 1 is 1.09 bits per heavy atom. The lowest BCUT2D eigenvalue weighted by Gasteiger charge is -2.26. The summed E-state index contributed by atoms with van der Waals surface area (Å²) < 4.78 is 7.21. The number of piperidine rings is 1. The number of anilines is 1. The van der Waals surface area contributed by atoms with Gasteiger partial charge in [-0.05, 0) is 68.8 Å². The second-order valence-corrected chi connectivity index (χ2v) is 8.36. The topological polar surface area (TPSA) is 76.2 Å². The third-order valence-electron chi connectivity index (χ3n) is 5.98. The molecule has 164 valence electrons. The Labute approximate surface area is 187 Å². The van der Waals surface area contributed by atoms with Crippen LogP contribution >= 0.6 is 0 Å². The van der Waals surface area contributed by atoms with Gasteiger partial charge in [-0.3, -0.25) is 9.69 Å². The summed E-state index contributed by atoms with van der Waals surface area (Å²) in [7, 11) is 0. The van der Waals surface area contributed by atoms with Gasteiger partial charge in [0, 0.05) is 24.0 Å². The number of furan rings is 1. The smallest absolute Gasteiger partial charge is 0.246 e. The molecular weight excluding hydrogens is 402 g/mol. The first kappa shape index (κ1) is 20.5. The highest BCUT2D eigenvalue weighted by Gasteiger charge is 2.17. The van der Waals surface area contributed by atoms with Gasteiger partial charge in [-0.25, -0.2) is 9.67 Å². The minimum Gasteiger partial charge on any atom is -0.464 e. The molecule has 0 spiro atoms. The van der Waals surface area contributed by atoms with Gasteiger partial charge in [0.2, 0.25) is 5.91 Å². The van der Waals surface area contributed by atoms with E-state index in [1.807, 2.05) is 37.3 Å². The fraction of sp³-hybridized carbons (Fsp3) is 0.320. The Hall–Kier alpha value is -3.45. The largest absolute Gasteiger partial charge is 0.464 e. The van der Waals surface area contributed by atoms with E-state index in [1.165, 1.54) is 37.9 Å². The van der Waals surface area contributed by atoms with Gasteiger partial charge in [-0.15, -0.1) is 0 Å². The van der Waals surface area contributed by atoms with E-state index in [-0.39, 0.29) is 12.5 Å². The van der Waals surface area contributed by atoms with Gasteiger partial charge in [-0.1, -0.05) is 18.6 Å². The molecule has 1 fully saturated rings. The molecule has 1 amide bonds. The van der Waals surface area contributed by atoms with Crippen LogP contribution in [0.3, 0.4) is 0 Å². The first-order chi connectivity index (χ1) is 15.7. The van der Waals surface area contributed by atoms with Crippen molar-refractivity contribution in [1.82, 2.24) is 19.7 Å². The first-order valence-electron chi connectivity index (χ1n) is 11.1. The number of hydrogen-bond acceptors (Lipinski definition) is 5. The summed E-state index contributed by atoms with van der Waals surface area (Å²) in [6.45, 7) is 5.33. The molecule has 0 radical (unpaired) electrons. The third kappa shape index (κ3) is 4.29. The zero-order valence-electron chi connectivity index (χ0n) is 18.3. The molecule has 7 heteroatoms. The molecule has 1 saturated heterocycles. The Kier molecular flexibility index (Phi) is 5.73. The zero-order valence-corrected chi connectivity index (χ0v) is 18.3. The number of carbonyl (C=O) groups excluding carboxylic acids is 1. The van der Waals surface area contributed by atoms with E-state index >= 15 is 0 Å². The molecule has 0 unspecified atom stereocenters. The normalized spacial score (nSPS) is 14.7. The molecule has 1 N–H and O–H groups in total. The maximum absolute atomic E-state index is 12.7. The molecule has 0 aliphatic carbocycles. The van der Waals surface area contributed by atoms with Crippen molar-refractivity contribution in [2.75, 3.05) is 18.4 Å². The zero-order chi connectivity index (χ0) is 21.9. The second kappa shape index (κ2) is 8.96. The second-order valence-electron chi connectivity index (χ2n) is 8.36. The van der Waals surface area contributed by atoms with Crippen molar-refractivity contribution in [3.05, 3.63) is 66.2 Å². The van der Waals surface area contributed by atoms with Crippen molar-refractivity contribution in [1.29, 1.82) is 0 Å². The van der Waals surface area contributed by atoms with Crippen LogP contribution in [0, 0.1) is 6.92 Å². The van der Waals surface area contributed by atoms with Crippen LogP contribution in [-0.2, 0) is 17.9 Å². The Bertz CT molecular complexity index is 1210. The monoisotopic (exact) mass is 429 g/mol. The standard InChI is InChI=1S/C25H27N5O2/c1-18-24-21(22-6-5-15-32-22)11-12-26-25(24)30(28-18)17-23(31)27-20-9-7-19(8-10-20)16-29-13-3-2-4-14-29/h5-12,15H,2-4,13-14,16-17H2,1H3,(H,27,31). The number of likely N-dealkylation sites (tertiary alicyclic amines) is 1. The number of fused-ring (bicyclic) bond motifs is 1. The van der Waals surface area contributed by atoms with Crippen molar-refractivity contribution in [3.8, 4) is 11.3 Å². The number of aromatic nitrogens is 3. The molecular formula is C25H27N5O2. The molecule has 1 aliphatic rings. The Morgan fingerprint density at radius 2 is 1.91 bits per heavy atom. The molecule has 3 aromatic heterocycles. The van der Waals surface area contributed by atoms with E-state index in [1.54, 1.807) is 17.1 Å². The summed E-state index contributed by atoms with van der Waals surface area (Å²) >= 11 is 0. The summed E-state index contributed by atoms with van der Waals surface area (Å²) in [5.74, 6) is 0.623. The van der Waals surface area contributed by atoms with Gasteiger partial charge in [-0.2, -0.15) is 5.10 Å². The van der Waals surface area contributed by atoms with Crippen molar-refractivity contribution in [2.24, 2.45) is 0 Å². The lowest BCUT2D eigenvalue weighted by atomic mass is 10.1. The molecule has 4 aromatic rings. The summed E-state index contributed by atoms with van der Waals surface area (Å²) in [6, 6.07) is 13.8. The van der Waals surface area contributed by atoms with Crippen LogP contribution in [0.25, 0.3) is 22.4 Å². The minimum atomic E-state index is -0.136. The quantitative estimate of drug-likeness (QED) is 0.484. The maximum Gasteiger partial charge on any atom is 0.246 e. The molecule has 0 atom stereocenters. The van der Waals surface area contributed by atoms with Gasteiger partial charge in [0.15, 0.2) is 5.65 Å². The molecule has 1 aliphatic heterocycles. The highest BCUT2D eigenvalue weighted by molar-refractivity contribution is 5.95. The fourth-order valence-electron chi connectivity index (χ4n) is 4.43. The summed E-state index contributed by atoms with van der Waals surface area (Å²) in [5, 5.41) is 8.45. The van der Waals surface area contributed by atoms with Gasteiger partial charge in [0.1, 0.15) is 12.3 Å². The number of amides is 1. The number of hydrogen-bond donors (Lipinski definition) is 1. The summed E-state index contributed by atoms with van der Waals surface area (Å²) in [5.41, 5.74) is 4.47. The lowest BCUT2D eigenvalue weighted by Crippen LogP contribution is -2.29. The van der Waals surface area contributed by atoms with Crippen LogP contribution in [0.15, 0.2) is 59.3 Å². The summed E-state index contributed by atoms with van der Waals surface area (Å²) in [6.07, 6.45) is 7.27. The molecule has 0 bridgehead atoms. The average Bonchev–Trinajstić information content (AvgIpc) is 3.45. The molecule has 0 saturated carbocycles. The Balaban J connectivity index is 1.28. The van der Waals surface area contributed by atoms with E-state index in [4.69, 9.17) is 4.42 Å². The lowest BCUT2D eigenvalue weighted by molar-refractivity contribution is -0.116. The SMILES string of the molecule is Cc1nn(CC(=O)Nc2ccc(CN3CCCCC3)cc2)c2nccc(-c3ccco3)c12. The van der Waals surface area contributed by atoms with Crippen LogP contribution < -0.4 is 5.32 Å². The van der Waals surface area contributed by atoms with Crippen molar-refractivity contribution < 1.29 is 9.21 Å². The fourth-order valence-corrected chi connectivity index (χ4v) is 4.43. The van der Waals surface area contributed by atoms with Gasteiger partial charge < -0.3 is 9.73 Å². The highest BCUT2D eigenvalue weighted by Crippen LogP contribution is 2.30. The predicted octanol–water partition coefficient (Wildman–Crippen LogP) is 4.62. The number of rotatable bonds is 6. The number of carbonyl (C=O) groups is 1.